The first-order valence-electron chi connectivity index (χ1n) is 9.04. The second kappa shape index (κ2) is 7.20. The Morgan fingerprint density at radius 1 is 0.923 bits per heavy atom. The van der Waals surface area contributed by atoms with Gasteiger partial charge in [-0.3, -0.25) is 4.79 Å². The molecule has 0 unspecified atom stereocenters. The molecule has 0 spiro atoms. The second-order valence-corrected chi connectivity index (χ2v) is 6.71. The summed E-state index contributed by atoms with van der Waals surface area (Å²) >= 11 is 0. The standard InChI is InChI=1S/C21H20FN3O/c22-17-13-11-15(12-14-17)19(26)21-24-23-20(16-7-3-1-4-8-16)25(21)18-9-5-2-6-10-18/h1,3-4,7-8,11-14,18H,2,5-6,9-10H2. The van der Waals surface area contributed by atoms with Crippen LogP contribution in [0, 0.1) is 5.82 Å². The van der Waals surface area contributed by atoms with Crippen LogP contribution in [0.25, 0.3) is 11.4 Å². The van der Waals surface area contributed by atoms with E-state index in [9.17, 15) is 9.18 Å². The number of nitrogens with zero attached hydrogens (tertiary/aromatic N) is 3. The molecule has 0 amide bonds. The summed E-state index contributed by atoms with van der Waals surface area (Å²) in [5, 5.41) is 8.58. The van der Waals surface area contributed by atoms with Gasteiger partial charge in [0.25, 0.3) is 0 Å². The van der Waals surface area contributed by atoms with Crippen molar-refractivity contribution in [1.82, 2.24) is 14.8 Å². The van der Waals surface area contributed by atoms with E-state index in [2.05, 4.69) is 10.2 Å². The fourth-order valence-corrected chi connectivity index (χ4v) is 3.65. The van der Waals surface area contributed by atoms with Crippen LogP contribution < -0.4 is 0 Å². The van der Waals surface area contributed by atoms with E-state index in [-0.39, 0.29) is 17.6 Å². The van der Waals surface area contributed by atoms with Crippen LogP contribution in [0.2, 0.25) is 0 Å². The van der Waals surface area contributed by atoms with Gasteiger partial charge in [-0.25, -0.2) is 4.39 Å². The summed E-state index contributed by atoms with van der Waals surface area (Å²) in [4.78, 5) is 13.0. The van der Waals surface area contributed by atoms with Gasteiger partial charge in [-0.15, -0.1) is 10.2 Å². The molecule has 0 N–H and O–H groups in total. The highest BCUT2D eigenvalue weighted by Gasteiger charge is 2.27. The van der Waals surface area contributed by atoms with Gasteiger partial charge >= 0.3 is 0 Å². The van der Waals surface area contributed by atoms with Gasteiger partial charge in [0.1, 0.15) is 5.82 Å². The molecule has 1 aliphatic rings. The van der Waals surface area contributed by atoms with Crippen molar-refractivity contribution in [2.75, 3.05) is 0 Å². The number of hydrogen-bond donors (Lipinski definition) is 0. The van der Waals surface area contributed by atoms with Gasteiger partial charge in [-0.05, 0) is 37.1 Å². The molecule has 4 rings (SSSR count). The highest BCUT2D eigenvalue weighted by Crippen LogP contribution is 2.33. The molecule has 1 aliphatic carbocycles. The molecule has 5 heteroatoms. The quantitative estimate of drug-likeness (QED) is 0.635. The van der Waals surface area contributed by atoms with Crippen LogP contribution in [0.5, 0.6) is 0 Å². The van der Waals surface area contributed by atoms with Crippen molar-refractivity contribution >= 4 is 5.78 Å². The Kier molecular flexibility index (Phi) is 4.61. The number of rotatable bonds is 4. The van der Waals surface area contributed by atoms with Crippen LogP contribution in [0.15, 0.2) is 54.6 Å². The SMILES string of the molecule is O=C(c1ccc(F)cc1)c1nnc(-c2ccccc2)n1C1CCCCC1. The Balaban J connectivity index is 1.80. The van der Waals surface area contributed by atoms with Crippen molar-refractivity contribution in [3.8, 4) is 11.4 Å². The second-order valence-electron chi connectivity index (χ2n) is 6.71. The maximum atomic E-state index is 13.2. The molecule has 1 fully saturated rings. The van der Waals surface area contributed by atoms with Crippen LogP contribution in [-0.2, 0) is 0 Å². The van der Waals surface area contributed by atoms with Gasteiger partial charge in [0.2, 0.25) is 11.6 Å². The molecule has 0 saturated heterocycles. The van der Waals surface area contributed by atoms with Crippen molar-refractivity contribution in [3.05, 3.63) is 71.8 Å². The van der Waals surface area contributed by atoms with E-state index in [1.165, 1.54) is 30.7 Å². The van der Waals surface area contributed by atoms with Gasteiger partial charge in [0.15, 0.2) is 5.82 Å². The Morgan fingerprint density at radius 3 is 2.31 bits per heavy atom. The number of hydrogen-bond acceptors (Lipinski definition) is 3. The predicted molar refractivity (Wildman–Crippen MR) is 97.4 cm³/mol. The van der Waals surface area contributed by atoms with Crippen molar-refractivity contribution in [2.45, 2.75) is 38.1 Å². The third-order valence-corrected chi connectivity index (χ3v) is 4.98. The molecular weight excluding hydrogens is 329 g/mol. The minimum atomic E-state index is -0.361. The number of carbonyl (C=O) groups is 1. The van der Waals surface area contributed by atoms with Gasteiger partial charge < -0.3 is 4.57 Å². The highest BCUT2D eigenvalue weighted by molar-refractivity contribution is 6.06. The lowest BCUT2D eigenvalue weighted by Gasteiger charge is -2.25. The molecule has 1 saturated carbocycles. The minimum Gasteiger partial charge on any atom is -0.301 e. The van der Waals surface area contributed by atoms with E-state index in [1.54, 1.807) is 0 Å². The summed E-state index contributed by atoms with van der Waals surface area (Å²) in [6, 6.07) is 15.6. The third-order valence-electron chi connectivity index (χ3n) is 4.98. The first kappa shape index (κ1) is 16.6. The third kappa shape index (κ3) is 3.17. The van der Waals surface area contributed by atoms with E-state index in [0.717, 1.165) is 37.1 Å². The first-order valence-corrected chi connectivity index (χ1v) is 9.04. The lowest BCUT2D eigenvalue weighted by atomic mass is 9.94. The topological polar surface area (TPSA) is 47.8 Å². The van der Waals surface area contributed by atoms with E-state index >= 15 is 0 Å². The summed E-state index contributed by atoms with van der Waals surface area (Å²) in [5.41, 5.74) is 1.37. The van der Waals surface area contributed by atoms with Crippen LogP contribution in [0.4, 0.5) is 4.39 Å². The minimum absolute atomic E-state index is 0.216. The molecule has 26 heavy (non-hydrogen) atoms. The molecular formula is C21H20FN3O. The Morgan fingerprint density at radius 2 is 1.62 bits per heavy atom. The largest absolute Gasteiger partial charge is 0.301 e. The number of carbonyl (C=O) groups excluding carboxylic acids is 1. The number of benzene rings is 2. The van der Waals surface area contributed by atoms with Gasteiger partial charge in [-0.2, -0.15) is 0 Å². The lowest BCUT2D eigenvalue weighted by Crippen LogP contribution is -2.20. The monoisotopic (exact) mass is 349 g/mol. The Labute approximate surface area is 151 Å². The van der Waals surface area contributed by atoms with Crippen LogP contribution in [-0.4, -0.2) is 20.5 Å². The summed E-state index contributed by atoms with van der Waals surface area (Å²) in [7, 11) is 0. The van der Waals surface area contributed by atoms with E-state index in [4.69, 9.17) is 0 Å². The van der Waals surface area contributed by atoms with Gasteiger partial charge in [0, 0.05) is 17.2 Å². The van der Waals surface area contributed by atoms with Crippen molar-refractivity contribution < 1.29 is 9.18 Å². The van der Waals surface area contributed by atoms with Crippen LogP contribution in [0.3, 0.4) is 0 Å². The van der Waals surface area contributed by atoms with E-state index in [1.807, 2.05) is 34.9 Å². The fraction of sp³-hybridized carbons (Fsp3) is 0.286. The van der Waals surface area contributed by atoms with E-state index in [0.29, 0.717) is 11.4 Å². The molecule has 4 nitrogen and oxygen atoms in total. The molecule has 2 aromatic carbocycles. The number of aromatic nitrogens is 3. The van der Waals surface area contributed by atoms with Crippen LogP contribution in [0.1, 0.15) is 54.3 Å². The number of ketones is 1. The van der Waals surface area contributed by atoms with E-state index < -0.39 is 0 Å². The highest BCUT2D eigenvalue weighted by atomic mass is 19.1. The molecule has 3 aromatic rings. The van der Waals surface area contributed by atoms with Gasteiger partial charge in [0.05, 0.1) is 0 Å². The molecule has 0 atom stereocenters. The normalized spacial score (nSPS) is 15.1. The maximum absolute atomic E-state index is 13.2. The first-order chi connectivity index (χ1) is 12.7. The molecule has 0 bridgehead atoms. The van der Waals surface area contributed by atoms with Crippen molar-refractivity contribution in [1.29, 1.82) is 0 Å². The summed E-state index contributed by atoms with van der Waals surface area (Å²) in [5.74, 6) is 0.482. The van der Waals surface area contributed by atoms with Crippen LogP contribution >= 0.6 is 0 Å². The zero-order valence-electron chi connectivity index (χ0n) is 14.4. The molecule has 1 aromatic heterocycles. The maximum Gasteiger partial charge on any atom is 0.230 e. The summed E-state index contributed by atoms with van der Waals surface area (Å²) < 4.78 is 15.2. The molecule has 0 radical (unpaired) electrons. The summed E-state index contributed by atoms with van der Waals surface area (Å²) in [6.45, 7) is 0. The smallest absolute Gasteiger partial charge is 0.230 e. The molecule has 132 valence electrons. The average molecular weight is 349 g/mol. The number of halogens is 1. The average Bonchev–Trinajstić information content (AvgIpc) is 3.14. The molecule has 1 heterocycles. The summed E-state index contributed by atoms with van der Waals surface area (Å²) in [6.07, 6.45) is 5.53. The van der Waals surface area contributed by atoms with Crippen molar-refractivity contribution in [2.24, 2.45) is 0 Å². The Hall–Kier alpha value is -2.82. The zero-order chi connectivity index (χ0) is 17.9. The van der Waals surface area contributed by atoms with Gasteiger partial charge in [-0.1, -0.05) is 49.6 Å². The lowest BCUT2D eigenvalue weighted by molar-refractivity contribution is 0.102. The fourth-order valence-electron chi connectivity index (χ4n) is 3.65. The Bertz CT molecular complexity index is 897. The predicted octanol–water partition coefficient (Wildman–Crippen LogP) is 4.82. The molecule has 0 aliphatic heterocycles. The zero-order valence-corrected chi connectivity index (χ0v) is 14.4. The van der Waals surface area contributed by atoms with Crippen molar-refractivity contribution in [3.63, 3.8) is 0 Å².